The van der Waals surface area contributed by atoms with E-state index in [-0.39, 0.29) is 12.0 Å². The Labute approximate surface area is 160 Å². The first-order valence-electron chi connectivity index (χ1n) is 9.81. The summed E-state index contributed by atoms with van der Waals surface area (Å²) in [5.41, 5.74) is 2.02. The number of carbonyl (C=O) groups is 1. The lowest BCUT2D eigenvalue weighted by Crippen LogP contribution is -2.39. The monoisotopic (exact) mass is 366 g/mol. The van der Waals surface area contributed by atoms with Gasteiger partial charge in [-0.15, -0.1) is 0 Å². The zero-order valence-corrected chi connectivity index (χ0v) is 15.5. The molecule has 1 atom stereocenters. The van der Waals surface area contributed by atoms with Gasteiger partial charge in [0.15, 0.2) is 0 Å². The van der Waals surface area contributed by atoms with Crippen LogP contribution in [0, 0.1) is 5.92 Å². The second-order valence-corrected chi connectivity index (χ2v) is 7.41. The molecule has 1 amide bonds. The number of piperidine rings is 1. The fourth-order valence-corrected chi connectivity index (χ4v) is 3.82. The zero-order chi connectivity index (χ0) is 18.5. The lowest BCUT2D eigenvalue weighted by atomic mass is 9.90. The van der Waals surface area contributed by atoms with E-state index >= 15 is 0 Å². The van der Waals surface area contributed by atoms with E-state index in [2.05, 4.69) is 35.3 Å². The molecule has 2 aliphatic heterocycles. The average molecular weight is 366 g/mol. The maximum atomic E-state index is 12.7. The Morgan fingerprint density at radius 2 is 1.93 bits per heavy atom. The van der Waals surface area contributed by atoms with Gasteiger partial charge in [0, 0.05) is 31.8 Å². The molecular formula is C22H26N2O3. The van der Waals surface area contributed by atoms with Gasteiger partial charge in [0.05, 0.1) is 18.8 Å². The maximum absolute atomic E-state index is 12.7. The number of ether oxygens (including phenoxy) is 2. The van der Waals surface area contributed by atoms with Crippen LogP contribution < -0.4 is 4.74 Å². The second-order valence-electron chi connectivity index (χ2n) is 7.41. The van der Waals surface area contributed by atoms with Crippen molar-refractivity contribution in [2.75, 3.05) is 26.3 Å². The predicted octanol–water partition coefficient (Wildman–Crippen LogP) is 3.34. The fraction of sp³-hybridized carbons (Fsp3) is 0.455. The van der Waals surface area contributed by atoms with Gasteiger partial charge in [0.1, 0.15) is 6.10 Å². The van der Waals surface area contributed by atoms with Gasteiger partial charge in [-0.25, -0.2) is 4.98 Å². The number of nitrogens with zero attached hydrogens (tertiary/aromatic N) is 2. The third-order valence-electron chi connectivity index (χ3n) is 5.43. The van der Waals surface area contributed by atoms with Gasteiger partial charge in [0.2, 0.25) is 5.88 Å². The molecule has 0 saturated carbocycles. The first-order chi connectivity index (χ1) is 13.3. The highest BCUT2D eigenvalue weighted by Crippen LogP contribution is 2.23. The second kappa shape index (κ2) is 8.53. The first-order valence-corrected chi connectivity index (χ1v) is 9.81. The number of hydrogen-bond acceptors (Lipinski definition) is 4. The number of hydrogen-bond donors (Lipinski definition) is 0. The number of pyridine rings is 1. The summed E-state index contributed by atoms with van der Waals surface area (Å²) in [4.78, 5) is 19.0. The number of rotatable bonds is 5. The molecule has 2 aliphatic rings. The highest BCUT2D eigenvalue weighted by Gasteiger charge is 2.24. The Balaban J connectivity index is 1.28. The Morgan fingerprint density at radius 3 is 2.59 bits per heavy atom. The summed E-state index contributed by atoms with van der Waals surface area (Å²) < 4.78 is 11.1. The third-order valence-corrected chi connectivity index (χ3v) is 5.43. The van der Waals surface area contributed by atoms with Crippen molar-refractivity contribution >= 4 is 5.91 Å². The quantitative estimate of drug-likeness (QED) is 0.814. The van der Waals surface area contributed by atoms with Crippen LogP contribution in [0.2, 0.25) is 0 Å². The van der Waals surface area contributed by atoms with Crippen LogP contribution in [-0.2, 0) is 11.2 Å². The van der Waals surface area contributed by atoms with Crippen molar-refractivity contribution in [2.45, 2.75) is 31.8 Å². The predicted molar refractivity (Wildman–Crippen MR) is 103 cm³/mol. The highest BCUT2D eigenvalue weighted by molar-refractivity contribution is 5.94. The van der Waals surface area contributed by atoms with Crippen LogP contribution in [0.15, 0.2) is 48.7 Å². The average Bonchev–Trinajstić information content (AvgIpc) is 3.22. The Kier molecular flexibility index (Phi) is 5.68. The number of carbonyl (C=O) groups excluding carboxylic acids is 1. The Hall–Kier alpha value is -2.40. The summed E-state index contributed by atoms with van der Waals surface area (Å²) in [6.45, 7) is 2.98. The normalized spacial score (nSPS) is 20.6. The van der Waals surface area contributed by atoms with Gasteiger partial charge in [-0.2, -0.15) is 0 Å². The topological polar surface area (TPSA) is 51.7 Å². The van der Waals surface area contributed by atoms with Crippen LogP contribution in [0.3, 0.4) is 0 Å². The molecule has 0 spiro atoms. The van der Waals surface area contributed by atoms with Gasteiger partial charge in [-0.3, -0.25) is 4.79 Å². The summed E-state index contributed by atoms with van der Waals surface area (Å²) >= 11 is 0. The molecule has 1 aromatic heterocycles. The van der Waals surface area contributed by atoms with Crippen LogP contribution in [0.1, 0.15) is 35.2 Å². The summed E-state index contributed by atoms with van der Waals surface area (Å²) in [5, 5.41) is 0. The van der Waals surface area contributed by atoms with Crippen LogP contribution in [0.4, 0.5) is 0 Å². The van der Waals surface area contributed by atoms with Gasteiger partial charge in [-0.05, 0) is 36.8 Å². The third kappa shape index (κ3) is 4.66. The van der Waals surface area contributed by atoms with Gasteiger partial charge < -0.3 is 14.4 Å². The van der Waals surface area contributed by atoms with Crippen molar-refractivity contribution in [3.63, 3.8) is 0 Å². The van der Waals surface area contributed by atoms with E-state index in [1.165, 1.54) is 5.56 Å². The molecule has 0 bridgehead atoms. The molecule has 1 aromatic carbocycles. The van der Waals surface area contributed by atoms with Crippen LogP contribution in [-0.4, -0.2) is 48.2 Å². The first kappa shape index (κ1) is 18.0. The van der Waals surface area contributed by atoms with E-state index in [0.717, 1.165) is 45.4 Å². The summed E-state index contributed by atoms with van der Waals surface area (Å²) in [7, 11) is 0. The van der Waals surface area contributed by atoms with Gasteiger partial charge in [0.25, 0.3) is 5.91 Å². The molecule has 5 heteroatoms. The molecule has 0 aliphatic carbocycles. The molecule has 1 unspecified atom stereocenters. The molecule has 0 N–H and O–H groups in total. The minimum absolute atomic E-state index is 0.0661. The largest absolute Gasteiger partial charge is 0.472 e. The van der Waals surface area contributed by atoms with Crippen LogP contribution >= 0.6 is 0 Å². The van der Waals surface area contributed by atoms with Crippen molar-refractivity contribution in [3.05, 3.63) is 59.8 Å². The summed E-state index contributed by atoms with van der Waals surface area (Å²) in [5.74, 6) is 1.28. The van der Waals surface area contributed by atoms with E-state index in [9.17, 15) is 4.79 Å². The maximum Gasteiger partial charge on any atom is 0.255 e. The Bertz CT molecular complexity index is 734. The van der Waals surface area contributed by atoms with Crippen molar-refractivity contribution in [3.8, 4) is 5.88 Å². The van der Waals surface area contributed by atoms with E-state index in [0.29, 0.717) is 24.0 Å². The van der Waals surface area contributed by atoms with Crippen molar-refractivity contribution in [2.24, 2.45) is 5.92 Å². The number of benzene rings is 1. The van der Waals surface area contributed by atoms with Gasteiger partial charge in [-0.1, -0.05) is 30.3 Å². The molecule has 5 nitrogen and oxygen atoms in total. The Morgan fingerprint density at radius 1 is 1.11 bits per heavy atom. The minimum Gasteiger partial charge on any atom is -0.472 e. The molecule has 0 radical (unpaired) electrons. The van der Waals surface area contributed by atoms with E-state index < -0.39 is 0 Å². The highest BCUT2D eigenvalue weighted by atomic mass is 16.5. The summed E-state index contributed by atoms with van der Waals surface area (Å²) in [6.07, 6.45) is 5.79. The van der Waals surface area contributed by atoms with Crippen molar-refractivity contribution in [1.29, 1.82) is 0 Å². The summed E-state index contributed by atoms with van der Waals surface area (Å²) in [6, 6.07) is 14.2. The molecule has 2 saturated heterocycles. The van der Waals surface area contributed by atoms with E-state index in [1.807, 2.05) is 11.0 Å². The lowest BCUT2D eigenvalue weighted by molar-refractivity contribution is 0.0690. The number of amides is 1. The number of likely N-dealkylation sites (tertiary alicyclic amines) is 1. The van der Waals surface area contributed by atoms with Crippen LogP contribution in [0.25, 0.3) is 0 Å². The molecule has 27 heavy (non-hydrogen) atoms. The van der Waals surface area contributed by atoms with Crippen molar-refractivity contribution < 1.29 is 14.3 Å². The smallest absolute Gasteiger partial charge is 0.255 e. The lowest BCUT2D eigenvalue weighted by Gasteiger charge is -2.32. The molecular weight excluding hydrogens is 340 g/mol. The molecule has 4 rings (SSSR count). The van der Waals surface area contributed by atoms with E-state index in [1.54, 1.807) is 12.3 Å². The van der Waals surface area contributed by atoms with Gasteiger partial charge >= 0.3 is 0 Å². The molecule has 2 fully saturated rings. The molecule has 142 valence electrons. The number of aromatic nitrogens is 1. The SMILES string of the molecule is O=C(c1ccc(OC2CCOC2)nc1)N1CCC(Cc2ccccc2)CC1. The zero-order valence-electron chi connectivity index (χ0n) is 15.5. The van der Waals surface area contributed by atoms with Crippen LogP contribution in [0.5, 0.6) is 5.88 Å². The van der Waals surface area contributed by atoms with Crippen molar-refractivity contribution in [1.82, 2.24) is 9.88 Å². The van der Waals surface area contributed by atoms with E-state index in [4.69, 9.17) is 9.47 Å². The minimum atomic E-state index is 0.0661. The molecule has 2 aromatic rings. The standard InChI is InChI=1S/C22H26N2O3/c25-22(19-6-7-21(23-15-19)27-20-10-13-26-16-20)24-11-8-18(9-12-24)14-17-4-2-1-3-5-17/h1-7,15,18,20H,8-14,16H2. The fourth-order valence-electron chi connectivity index (χ4n) is 3.82. The molecule has 3 heterocycles.